The van der Waals surface area contributed by atoms with Gasteiger partial charge in [-0.1, -0.05) is 30.3 Å². The molecule has 7 nitrogen and oxygen atoms in total. The molecule has 5 rings (SSSR count). The van der Waals surface area contributed by atoms with Crippen molar-refractivity contribution in [2.24, 2.45) is 11.7 Å². The molecule has 1 aromatic carbocycles. The maximum absolute atomic E-state index is 15.2. The number of carbonyl (C=O) groups is 1. The molecule has 2 fully saturated rings. The molecule has 0 radical (unpaired) electrons. The van der Waals surface area contributed by atoms with E-state index in [9.17, 15) is 14.7 Å². The second-order valence-electron chi connectivity index (χ2n) is 8.40. The number of nitrogens with two attached hydrogens (primary N) is 1. The topological polar surface area (TPSA) is 101 Å². The predicted octanol–water partition coefficient (Wildman–Crippen LogP) is 2.75. The number of nitrogens with zero attached hydrogens (tertiary/aromatic N) is 3. The minimum absolute atomic E-state index is 0.00207. The number of benzene rings is 1. The Morgan fingerprint density at radius 3 is 2.61 bits per heavy atom. The number of aromatic nitrogens is 2. The third-order valence-corrected chi connectivity index (χ3v) is 6.38. The highest BCUT2D eigenvalue weighted by atomic mass is 19.1. The Kier molecular flexibility index (Phi) is 4.74. The van der Waals surface area contributed by atoms with Crippen molar-refractivity contribution in [3.05, 3.63) is 69.8 Å². The van der Waals surface area contributed by atoms with Gasteiger partial charge in [-0.05, 0) is 36.9 Å². The molecule has 1 aliphatic heterocycles. The standard InChI is InChI=1S/C23H23FN4O3/c24-19-8-16-20(29)18(23(30)31)12-28(15-6-7-15)21(16)26-22(19)27-10-14(9-25)17(11-27)13-4-2-1-3-5-13/h1-5,8,12,14-15,17H,6-7,9-11,25H2,(H,30,31)/t14-,17+/m1/s1. The first kappa shape index (κ1) is 19.7. The van der Waals surface area contributed by atoms with Crippen molar-refractivity contribution >= 4 is 22.8 Å². The van der Waals surface area contributed by atoms with E-state index in [1.165, 1.54) is 6.20 Å². The smallest absolute Gasteiger partial charge is 0.341 e. The molecule has 2 aromatic heterocycles. The maximum atomic E-state index is 15.2. The van der Waals surface area contributed by atoms with E-state index >= 15 is 4.39 Å². The molecule has 2 aliphatic rings. The van der Waals surface area contributed by atoms with Gasteiger partial charge in [-0.3, -0.25) is 4.79 Å². The van der Waals surface area contributed by atoms with Crippen LogP contribution in [0.15, 0.2) is 47.4 Å². The third kappa shape index (κ3) is 3.37. The van der Waals surface area contributed by atoms with Crippen LogP contribution < -0.4 is 16.1 Å². The monoisotopic (exact) mass is 422 g/mol. The SMILES string of the molecule is NC[C@@H]1CN(c2nc3c(cc2F)c(=O)c(C(=O)O)cn3C2CC2)C[C@H]1c1ccccc1. The lowest BCUT2D eigenvalue weighted by atomic mass is 9.89. The minimum atomic E-state index is -1.32. The van der Waals surface area contributed by atoms with Crippen LogP contribution in [0.3, 0.4) is 0 Å². The van der Waals surface area contributed by atoms with Crippen molar-refractivity contribution in [1.29, 1.82) is 0 Å². The number of anilines is 1. The van der Waals surface area contributed by atoms with Gasteiger partial charge in [0.05, 0.1) is 5.39 Å². The number of hydrogen-bond acceptors (Lipinski definition) is 5. The first-order chi connectivity index (χ1) is 15.0. The zero-order valence-electron chi connectivity index (χ0n) is 16.9. The van der Waals surface area contributed by atoms with Crippen LogP contribution in [-0.2, 0) is 0 Å². The van der Waals surface area contributed by atoms with E-state index in [4.69, 9.17) is 5.73 Å². The Bertz CT molecular complexity index is 1220. The van der Waals surface area contributed by atoms with Gasteiger partial charge in [0.2, 0.25) is 5.43 Å². The van der Waals surface area contributed by atoms with E-state index in [0.717, 1.165) is 24.5 Å². The maximum Gasteiger partial charge on any atom is 0.341 e. The highest BCUT2D eigenvalue weighted by Crippen LogP contribution is 2.39. The Balaban J connectivity index is 1.60. The summed E-state index contributed by atoms with van der Waals surface area (Å²) in [4.78, 5) is 30.6. The summed E-state index contributed by atoms with van der Waals surface area (Å²) in [6.07, 6.45) is 3.10. The lowest BCUT2D eigenvalue weighted by Crippen LogP contribution is -2.26. The van der Waals surface area contributed by atoms with Gasteiger partial charge in [0.25, 0.3) is 0 Å². The van der Waals surface area contributed by atoms with Crippen LogP contribution >= 0.6 is 0 Å². The Morgan fingerprint density at radius 2 is 1.97 bits per heavy atom. The van der Waals surface area contributed by atoms with Gasteiger partial charge < -0.3 is 20.3 Å². The van der Waals surface area contributed by atoms with Gasteiger partial charge in [-0.15, -0.1) is 0 Å². The minimum Gasteiger partial charge on any atom is -0.477 e. The van der Waals surface area contributed by atoms with E-state index in [-0.39, 0.29) is 34.6 Å². The summed E-state index contributed by atoms with van der Waals surface area (Å²) in [7, 11) is 0. The van der Waals surface area contributed by atoms with Crippen LogP contribution in [0.5, 0.6) is 0 Å². The lowest BCUT2D eigenvalue weighted by Gasteiger charge is -2.20. The van der Waals surface area contributed by atoms with Gasteiger partial charge in [0, 0.05) is 31.2 Å². The predicted molar refractivity (Wildman–Crippen MR) is 115 cm³/mol. The fourth-order valence-corrected chi connectivity index (χ4v) is 4.60. The van der Waals surface area contributed by atoms with Gasteiger partial charge >= 0.3 is 5.97 Å². The van der Waals surface area contributed by atoms with Gasteiger partial charge in [-0.2, -0.15) is 0 Å². The van der Waals surface area contributed by atoms with E-state index < -0.39 is 17.2 Å². The van der Waals surface area contributed by atoms with Crippen LogP contribution in [0.4, 0.5) is 10.2 Å². The van der Waals surface area contributed by atoms with Gasteiger partial charge in [0.1, 0.15) is 11.2 Å². The molecule has 0 spiro atoms. The molecule has 3 N–H and O–H groups in total. The van der Waals surface area contributed by atoms with Crippen molar-refractivity contribution < 1.29 is 14.3 Å². The molecule has 1 saturated heterocycles. The summed E-state index contributed by atoms with van der Waals surface area (Å²) >= 11 is 0. The van der Waals surface area contributed by atoms with Crippen molar-refractivity contribution in [2.45, 2.75) is 24.8 Å². The summed E-state index contributed by atoms with van der Waals surface area (Å²) in [5.41, 5.74) is 6.45. The molecule has 0 unspecified atom stereocenters. The summed E-state index contributed by atoms with van der Waals surface area (Å²) in [5, 5.41) is 9.40. The van der Waals surface area contributed by atoms with Crippen LogP contribution in [-0.4, -0.2) is 40.3 Å². The van der Waals surface area contributed by atoms with E-state index in [2.05, 4.69) is 17.1 Å². The first-order valence-electron chi connectivity index (χ1n) is 10.5. The van der Waals surface area contributed by atoms with Gasteiger partial charge in [-0.25, -0.2) is 14.2 Å². The number of pyridine rings is 2. The number of carboxylic acid groups (broad SMARTS) is 1. The Labute approximate surface area is 177 Å². The number of rotatable bonds is 5. The molecule has 1 saturated carbocycles. The molecule has 3 heterocycles. The second kappa shape index (κ2) is 7.46. The largest absolute Gasteiger partial charge is 0.477 e. The van der Waals surface area contributed by atoms with Crippen molar-refractivity contribution in [1.82, 2.24) is 9.55 Å². The molecule has 2 atom stereocenters. The molecule has 0 bridgehead atoms. The Morgan fingerprint density at radius 1 is 1.23 bits per heavy atom. The summed E-state index contributed by atoms with van der Waals surface area (Å²) < 4.78 is 16.9. The highest BCUT2D eigenvalue weighted by Gasteiger charge is 2.35. The number of carboxylic acids is 1. The molecule has 8 heteroatoms. The number of aromatic carboxylic acids is 1. The van der Waals surface area contributed by atoms with Crippen LogP contribution in [0.25, 0.3) is 11.0 Å². The van der Waals surface area contributed by atoms with E-state index in [0.29, 0.717) is 25.3 Å². The lowest BCUT2D eigenvalue weighted by molar-refractivity contribution is 0.0695. The first-order valence-corrected chi connectivity index (χ1v) is 10.5. The van der Waals surface area contributed by atoms with Crippen LogP contribution in [0, 0.1) is 11.7 Å². The quantitative estimate of drug-likeness (QED) is 0.656. The summed E-state index contributed by atoms with van der Waals surface area (Å²) in [6, 6.07) is 11.3. The third-order valence-electron chi connectivity index (χ3n) is 6.38. The highest BCUT2D eigenvalue weighted by molar-refractivity contribution is 5.92. The molecule has 160 valence electrons. The zero-order chi connectivity index (χ0) is 21.7. The van der Waals surface area contributed by atoms with Crippen molar-refractivity contribution in [2.75, 3.05) is 24.5 Å². The molecular formula is C23H23FN4O3. The summed E-state index contributed by atoms with van der Waals surface area (Å²) in [6.45, 7) is 1.61. The molecule has 0 amide bonds. The molecular weight excluding hydrogens is 399 g/mol. The van der Waals surface area contributed by atoms with E-state index in [1.807, 2.05) is 23.1 Å². The number of fused-ring (bicyclic) bond motifs is 1. The van der Waals surface area contributed by atoms with Crippen LogP contribution in [0.2, 0.25) is 0 Å². The fraction of sp³-hybridized carbons (Fsp3) is 0.348. The molecule has 1 aliphatic carbocycles. The number of hydrogen-bond donors (Lipinski definition) is 2. The fourth-order valence-electron chi connectivity index (χ4n) is 4.60. The average Bonchev–Trinajstić information content (AvgIpc) is 3.52. The normalized spacial score (nSPS) is 21.0. The number of halogens is 1. The van der Waals surface area contributed by atoms with Gasteiger partial charge in [0.15, 0.2) is 11.6 Å². The zero-order valence-corrected chi connectivity index (χ0v) is 16.9. The summed E-state index contributed by atoms with van der Waals surface area (Å²) in [5.74, 6) is -1.45. The Hall–Kier alpha value is -3.26. The average molecular weight is 422 g/mol. The van der Waals surface area contributed by atoms with E-state index in [1.54, 1.807) is 4.57 Å². The van der Waals surface area contributed by atoms with Crippen LogP contribution in [0.1, 0.15) is 40.7 Å². The van der Waals surface area contributed by atoms with Crippen molar-refractivity contribution in [3.63, 3.8) is 0 Å². The van der Waals surface area contributed by atoms with Crippen molar-refractivity contribution in [3.8, 4) is 0 Å². The molecule has 31 heavy (non-hydrogen) atoms. The molecule has 3 aromatic rings. The second-order valence-corrected chi connectivity index (χ2v) is 8.40.